The molecule has 0 amide bonds. The Morgan fingerprint density at radius 1 is 0.714 bits per heavy atom. The quantitative estimate of drug-likeness (QED) is 0.418. The molecule has 0 radical (unpaired) electrons. The van der Waals surface area contributed by atoms with Gasteiger partial charge in [-0.05, 0) is 41.5 Å². The number of rotatable bonds is 15. The average Bonchev–Trinajstić information content (AvgIpc) is 3.01. The summed E-state index contributed by atoms with van der Waals surface area (Å²) < 4.78 is 29.5. The Morgan fingerprint density at radius 3 is 1.79 bits per heavy atom. The van der Waals surface area contributed by atoms with E-state index in [1.165, 1.54) is 0 Å². The van der Waals surface area contributed by atoms with Crippen LogP contribution in [0.4, 0.5) is 0 Å². The van der Waals surface area contributed by atoms with E-state index in [0.717, 1.165) is 12.1 Å². The minimum absolute atomic E-state index is 0.119. The molecule has 0 bridgehead atoms. The Kier molecular flexibility index (Phi) is 11.8. The molecule has 0 aliphatic rings. The van der Waals surface area contributed by atoms with Crippen molar-refractivity contribution >= 4 is 0 Å². The van der Waals surface area contributed by atoms with E-state index in [1.54, 1.807) is 4.68 Å². The summed E-state index contributed by atoms with van der Waals surface area (Å²) in [5.74, 6) is 0. The van der Waals surface area contributed by atoms with Gasteiger partial charge in [0, 0.05) is 12.6 Å². The summed E-state index contributed by atoms with van der Waals surface area (Å²) in [5, 5.41) is 8.25. The Labute approximate surface area is 169 Å². The van der Waals surface area contributed by atoms with Crippen molar-refractivity contribution in [1.82, 2.24) is 15.0 Å². The van der Waals surface area contributed by atoms with Crippen molar-refractivity contribution in [3.05, 3.63) is 11.9 Å². The second kappa shape index (κ2) is 13.2. The molecule has 0 aliphatic heterocycles. The number of nitrogens with zero attached hydrogens (tertiary/aromatic N) is 3. The maximum atomic E-state index is 5.70. The fraction of sp³-hybridized carbons (Fsp3) is 0.900. The molecule has 0 spiro atoms. The molecule has 0 saturated carbocycles. The van der Waals surface area contributed by atoms with Crippen LogP contribution in [0, 0.1) is 0 Å². The van der Waals surface area contributed by atoms with Crippen molar-refractivity contribution in [2.45, 2.75) is 65.7 Å². The van der Waals surface area contributed by atoms with Crippen LogP contribution in [0.15, 0.2) is 6.20 Å². The van der Waals surface area contributed by atoms with E-state index in [1.807, 2.05) is 47.7 Å². The van der Waals surface area contributed by atoms with Crippen molar-refractivity contribution in [1.29, 1.82) is 0 Å². The highest BCUT2D eigenvalue weighted by Crippen LogP contribution is 2.07. The molecule has 8 heteroatoms. The van der Waals surface area contributed by atoms with E-state index in [4.69, 9.17) is 23.7 Å². The summed E-state index contributed by atoms with van der Waals surface area (Å²) in [6.07, 6.45) is 2.70. The van der Waals surface area contributed by atoms with Crippen LogP contribution >= 0.6 is 0 Å². The van der Waals surface area contributed by atoms with Crippen LogP contribution in [0.5, 0.6) is 0 Å². The molecule has 28 heavy (non-hydrogen) atoms. The molecule has 0 saturated heterocycles. The Hall–Kier alpha value is -1.06. The monoisotopic (exact) mass is 401 g/mol. The molecule has 0 aromatic carbocycles. The van der Waals surface area contributed by atoms with Crippen molar-refractivity contribution in [2.75, 3.05) is 52.9 Å². The van der Waals surface area contributed by atoms with Crippen LogP contribution in [-0.4, -0.2) is 79.1 Å². The molecule has 1 rings (SSSR count). The molecule has 0 unspecified atom stereocenters. The standard InChI is InChI=1S/C20H39N3O5/c1-19(2,3)27-9-7-18-17-23(22-21-18)8-10-24-11-12-25-13-14-26-15-16-28-20(4,5)6/h17H,7-16H2,1-6H3. The van der Waals surface area contributed by atoms with Gasteiger partial charge in [0.1, 0.15) is 0 Å². The normalized spacial score (nSPS) is 12.6. The van der Waals surface area contributed by atoms with Crippen LogP contribution in [0.1, 0.15) is 47.2 Å². The topological polar surface area (TPSA) is 76.9 Å². The van der Waals surface area contributed by atoms with Gasteiger partial charge in [-0.2, -0.15) is 0 Å². The minimum Gasteiger partial charge on any atom is -0.377 e. The highest BCUT2D eigenvalue weighted by molar-refractivity contribution is 4.92. The van der Waals surface area contributed by atoms with Gasteiger partial charge in [0.2, 0.25) is 0 Å². The van der Waals surface area contributed by atoms with E-state index < -0.39 is 0 Å². The SMILES string of the molecule is CC(C)(C)OCCOCCOCCOCCn1cc(CCOC(C)(C)C)nn1. The molecule has 164 valence electrons. The zero-order chi connectivity index (χ0) is 20.9. The van der Waals surface area contributed by atoms with Gasteiger partial charge in [-0.1, -0.05) is 5.21 Å². The molecule has 1 heterocycles. The molecule has 8 nitrogen and oxygen atoms in total. The molecular weight excluding hydrogens is 362 g/mol. The number of ether oxygens (including phenoxy) is 5. The first kappa shape index (κ1) is 25.0. The van der Waals surface area contributed by atoms with Gasteiger partial charge in [0.05, 0.1) is 76.3 Å². The van der Waals surface area contributed by atoms with Gasteiger partial charge in [-0.3, -0.25) is 0 Å². The summed E-state index contributed by atoms with van der Waals surface area (Å²) in [6.45, 7) is 17.5. The van der Waals surface area contributed by atoms with E-state index in [9.17, 15) is 0 Å². The second-order valence-corrected chi connectivity index (χ2v) is 8.48. The van der Waals surface area contributed by atoms with E-state index in [0.29, 0.717) is 59.4 Å². The minimum atomic E-state index is -0.126. The summed E-state index contributed by atoms with van der Waals surface area (Å²) in [5.41, 5.74) is 0.685. The molecule has 0 N–H and O–H groups in total. The zero-order valence-corrected chi connectivity index (χ0v) is 18.5. The van der Waals surface area contributed by atoms with E-state index in [2.05, 4.69) is 10.3 Å². The van der Waals surface area contributed by atoms with Crippen molar-refractivity contribution in [3.8, 4) is 0 Å². The van der Waals surface area contributed by atoms with Gasteiger partial charge in [0.25, 0.3) is 0 Å². The molecule has 1 aromatic rings. The van der Waals surface area contributed by atoms with Crippen LogP contribution in [0.2, 0.25) is 0 Å². The molecular formula is C20H39N3O5. The van der Waals surface area contributed by atoms with E-state index >= 15 is 0 Å². The Bertz CT molecular complexity index is 509. The summed E-state index contributed by atoms with van der Waals surface area (Å²) in [7, 11) is 0. The summed E-state index contributed by atoms with van der Waals surface area (Å²) >= 11 is 0. The first-order chi connectivity index (χ1) is 13.2. The number of hydrogen-bond acceptors (Lipinski definition) is 7. The second-order valence-electron chi connectivity index (χ2n) is 8.48. The van der Waals surface area contributed by atoms with Gasteiger partial charge >= 0.3 is 0 Å². The summed E-state index contributed by atoms with van der Waals surface area (Å²) in [4.78, 5) is 0. The van der Waals surface area contributed by atoms with Crippen LogP contribution in [0.3, 0.4) is 0 Å². The third-order valence-electron chi connectivity index (χ3n) is 3.45. The Morgan fingerprint density at radius 2 is 1.21 bits per heavy atom. The fourth-order valence-corrected chi connectivity index (χ4v) is 2.13. The number of aromatic nitrogens is 3. The third kappa shape index (κ3) is 14.9. The molecule has 0 fully saturated rings. The van der Waals surface area contributed by atoms with Crippen molar-refractivity contribution in [3.63, 3.8) is 0 Å². The molecule has 0 aliphatic carbocycles. The van der Waals surface area contributed by atoms with Crippen LogP contribution in [-0.2, 0) is 36.6 Å². The predicted octanol–water partition coefficient (Wildman–Crippen LogP) is 2.50. The van der Waals surface area contributed by atoms with Crippen molar-refractivity contribution < 1.29 is 23.7 Å². The fourth-order valence-electron chi connectivity index (χ4n) is 2.13. The average molecular weight is 402 g/mol. The maximum Gasteiger partial charge on any atom is 0.0850 e. The van der Waals surface area contributed by atoms with Gasteiger partial charge in [0.15, 0.2) is 0 Å². The first-order valence-corrected chi connectivity index (χ1v) is 10.1. The van der Waals surface area contributed by atoms with Gasteiger partial charge in [-0.25, -0.2) is 4.68 Å². The lowest BCUT2D eigenvalue weighted by molar-refractivity contribution is -0.0451. The lowest BCUT2D eigenvalue weighted by atomic mass is 10.2. The van der Waals surface area contributed by atoms with Gasteiger partial charge in [-0.15, -0.1) is 5.10 Å². The van der Waals surface area contributed by atoms with Crippen LogP contribution in [0.25, 0.3) is 0 Å². The van der Waals surface area contributed by atoms with Gasteiger partial charge < -0.3 is 23.7 Å². The Balaban J connectivity index is 1.91. The molecule has 0 atom stereocenters. The highest BCUT2D eigenvalue weighted by atomic mass is 16.6. The summed E-state index contributed by atoms with van der Waals surface area (Å²) in [6, 6.07) is 0. The van der Waals surface area contributed by atoms with Crippen LogP contribution < -0.4 is 0 Å². The van der Waals surface area contributed by atoms with E-state index in [-0.39, 0.29) is 11.2 Å². The first-order valence-electron chi connectivity index (χ1n) is 10.1. The highest BCUT2D eigenvalue weighted by Gasteiger charge is 2.10. The van der Waals surface area contributed by atoms with Crippen molar-refractivity contribution in [2.24, 2.45) is 0 Å². The third-order valence-corrected chi connectivity index (χ3v) is 3.45. The zero-order valence-electron chi connectivity index (χ0n) is 18.5. The molecule has 1 aromatic heterocycles. The number of hydrogen-bond donors (Lipinski definition) is 0. The lowest BCUT2D eigenvalue weighted by Crippen LogP contribution is -2.22. The largest absolute Gasteiger partial charge is 0.377 e. The smallest absolute Gasteiger partial charge is 0.0850 e. The lowest BCUT2D eigenvalue weighted by Gasteiger charge is -2.19. The predicted molar refractivity (Wildman–Crippen MR) is 108 cm³/mol. The maximum absolute atomic E-state index is 5.70.